The summed E-state index contributed by atoms with van der Waals surface area (Å²) in [4.78, 5) is 59.4. The number of thioether (sulfide) groups is 1. The van der Waals surface area contributed by atoms with E-state index in [0.717, 1.165) is 0 Å². The SMILES string of the molecule is CSCC[C@H](NC(=O)OC(C)(C)C)C(=O)NCC1CCC(C(=O)N[C@H](CC(N)=O)C(=O)O)CC1. The predicted molar refractivity (Wildman–Crippen MR) is 128 cm³/mol. The first-order chi connectivity index (χ1) is 15.8. The Morgan fingerprint density at radius 2 is 1.68 bits per heavy atom. The van der Waals surface area contributed by atoms with E-state index in [1.807, 2.05) is 6.26 Å². The van der Waals surface area contributed by atoms with E-state index in [1.165, 1.54) is 0 Å². The minimum atomic E-state index is -1.34. The summed E-state index contributed by atoms with van der Waals surface area (Å²) in [5.74, 6) is -2.29. The largest absolute Gasteiger partial charge is 0.480 e. The molecule has 0 aliphatic heterocycles. The lowest BCUT2D eigenvalue weighted by Crippen LogP contribution is -2.49. The van der Waals surface area contributed by atoms with Crippen molar-refractivity contribution < 1.29 is 33.8 Å². The van der Waals surface area contributed by atoms with Crippen molar-refractivity contribution >= 4 is 41.5 Å². The number of amides is 4. The molecule has 0 aromatic rings. The molecule has 1 saturated carbocycles. The van der Waals surface area contributed by atoms with Gasteiger partial charge in [-0.25, -0.2) is 9.59 Å². The van der Waals surface area contributed by atoms with Gasteiger partial charge in [-0.3, -0.25) is 14.4 Å². The van der Waals surface area contributed by atoms with Crippen LogP contribution in [0.15, 0.2) is 0 Å². The molecular weight excluding hydrogens is 464 g/mol. The lowest BCUT2D eigenvalue weighted by molar-refractivity contribution is -0.144. The lowest BCUT2D eigenvalue weighted by Gasteiger charge is -2.29. The summed E-state index contributed by atoms with van der Waals surface area (Å²) in [5.41, 5.74) is 4.38. The number of carbonyl (C=O) groups is 5. The molecule has 1 aliphatic rings. The van der Waals surface area contributed by atoms with Crippen LogP contribution < -0.4 is 21.7 Å². The number of hydrogen-bond donors (Lipinski definition) is 5. The van der Waals surface area contributed by atoms with Gasteiger partial charge in [0, 0.05) is 12.5 Å². The second-order valence-corrected chi connectivity index (χ2v) is 10.5. The van der Waals surface area contributed by atoms with Gasteiger partial charge in [-0.15, -0.1) is 0 Å². The average Bonchev–Trinajstić information content (AvgIpc) is 2.73. The summed E-state index contributed by atoms with van der Waals surface area (Å²) >= 11 is 1.57. The zero-order valence-electron chi connectivity index (χ0n) is 20.3. The highest BCUT2D eigenvalue weighted by atomic mass is 32.2. The molecular formula is C22H38N4O7S. The van der Waals surface area contributed by atoms with Gasteiger partial charge in [0.2, 0.25) is 17.7 Å². The molecule has 11 nitrogen and oxygen atoms in total. The van der Waals surface area contributed by atoms with Gasteiger partial charge in [0.1, 0.15) is 17.7 Å². The van der Waals surface area contributed by atoms with Crippen LogP contribution in [0.4, 0.5) is 4.79 Å². The fraction of sp³-hybridized carbons (Fsp3) is 0.773. The quantitative estimate of drug-likeness (QED) is 0.262. The average molecular weight is 503 g/mol. The Morgan fingerprint density at radius 1 is 1.06 bits per heavy atom. The highest BCUT2D eigenvalue weighted by molar-refractivity contribution is 7.98. The summed E-state index contributed by atoms with van der Waals surface area (Å²) in [6, 6.07) is -2.04. The number of nitrogens with two attached hydrogens (primary N) is 1. The molecule has 0 saturated heterocycles. The molecule has 34 heavy (non-hydrogen) atoms. The number of nitrogens with one attached hydrogen (secondary N) is 3. The molecule has 0 bridgehead atoms. The summed E-state index contributed by atoms with van der Waals surface area (Å²) in [6.45, 7) is 5.66. The minimum Gasteiger partial charge on any atom is -0.480 e. The molecule has 0 radical (unpaired) electrons. The number of carbonyl (C=O) groups excluding carboxylic acids is 4. The molecule has 0 spiro atoms. The fourth-order valence-corrected chi connectivity index (χ4v) is 4.11. The van der Waals surface area contributed by atoms with Crippen LogP contribution in [0.1, 0.15) is 59.3 Å². The van der Waals surface area contributed by atoms with Gasteiger partial charge >= 0.3 is 12.1 Å². The van der Waals surface area contributed by atoms with Crippen molar-refractivity contribution in [1.29, 1.82) is 0 Å². The van der Waals surface area contributed by atoms with E-state index in [-0.39, 0.29) is 17.7 Å². The molecule has 1 rings (SSSR count). The zero-order chi connectivity index (χ0) is 25.9. The van der Waals surface area contributed by atoms with Crippen LogP contribution in [0.25, 0.3) is 0 Å². The van der Waals surface area contributed by atoms with E-state index in [9.17, 15) is 24.0 Å². The molecule has 12 heteroatoms. The van der Waals surface area contributed by atoms with Crippen LogP contribution in [0.2, 0.25) is 0 Å². The first-order valence-corrected chi connectivity index (χ1v) is 12.8. The zero-order valence-corrected chi connectivity index (χ0v) is 21.2. The standard InChI is InChI=1S/C22H38N4O7S/c1-22(2,3)33-21(32)26-15(9-10-34-4)19(29)24-12-13-5-7-14(8-6-13)18(28)25-16(20(30)31)11-17(23)27/h13-16H,5-12H2,1-4H3,(H2,23,27)(H,24,29)(H,25,28)(H,26,32)(H,30,31)/t13?,14?,15-,16+/m0/s1. The molecule has 6 N–H and O–H groups in total. The third-order valence-corrected chi connectivity index (χ3v) is 6.06. The van der Waals surface area contributed by atoms with E-state index in [4.69, 9.17) is 15.6 Å². The van der Waals surface area contributed by atoms with Crippen LogP contribution in [-0.4, -0.2) is 71.1 Å². The van der Waals surface area contributed by atoms with Crippen molar-refractivity contribution in [2.75, 3.05) is 18.6 Å². The Bertz CT molecular complexity index is 733. The van der Waals surface area contributed by atoms with Crippen LogP contribution in [-0.2, 0) is 23.9 Å². The van der Waals surface area contributed by atoms with Crippen molar-refractivity contribution in [3.8, 4) is 0 Å². The Kier molecular flexibility index (Phi) is 12.2. The number of hydrogen-bond acceptors (Lipinski definition) is 7. The molecule has 0 heterocycles. The Hall–Kier alpha value is -2.50. The molecule has 0 unspecified atom stereocenters. The highest BCUT2D eigenvalue weighted by Gasteiger charge is 2.31. The van der Waals surface area contributed by atoms with Gasteiger partial charge in [0.25, 0.3) is 0 Å². The van der Waals surface area contributed by atoms with Crippen molar-refractivity contribution in [2.24, 2.45) is 17.6 Å². The summed E-state index contributed by atoms with van der Waals surface area (Å²) in [7, 11) is 0. The predicted octanol–water partition coefficient (Wildman–Crippen LogP) is 1.00. The van der Waals surface area contributed by atoms with E-state index in [0.29, 0.717) is 44.4 Å². The molecule has 4 amide bonds. The maximum atomic E-state index is 12.7. The van der Waals surface area contributed by atoms with Gasteiger partial charge in [0.15, 0.2) is 0 Å². The van der Waals surface area contributed by atoms with Crippen molar-refractivity contribution in [3.63, 3.8) is 0 Å². The Morgan fingerprint density at radius 3 is 2.18 bits per heavy atom. The number of primary amides is 1. The second-order valence-electron chi connectivity index (χ2n) is 9.51. The van der Waals surface area contributed by atoms with E-state index in [2.05, 4.69) is 16.0 Å². The van der Waals surface area contributed by atoms with Gasteiger partial charge in [-0.05, 0) is 70.8 Å². The van der Waals surface area contributed by atoms with E-state index >= 15 is 0 Å². The Labute approximate surface area is 204 Å². The van der Waals surface area contributed by atoms with Crippen LogP contribution in [0, 0.1) is 11.8 Å². The maximum Gasteiger partial charge on any atom is 0.408 e. The maximum absolute atomic E-state index is 12.7. The molecule has 1 aliphatic carbocycles. The third kappa shape index (κ3) is 11.6. The van der Waals surface area contributed by atoms with Crippen LogP contribution in [0.3, 0.4) is 0 Å². The first-order valence-electron chi connectivity index (χ1n) is 11.4. The summed E-state index contributed by atoms with van der Waals surface area (Å²) in [6.07, 6.45) is 3.73. The fourth-order valence-electron chi connectivity index (χ4n) is 3.64. The van der Waals surface area contributed by atoms with Gasteiger partial charge in [0.05, 0.1) is 6.42 Å². The smallest absolute Gasteiger partial charge is 0.408 e. The van der Waals surface area contributed by atoms with Crippen molar-refractivity contribution in [2.45, 2.75) is 77.0 Å². The molecule has 2 atom stereocenters. The van der Waals surface area contributed by atoms with Crippen LogP contribution in [0.5, 0.6) is 0 Å². The number of ether oxygens (including phenoxy) is 1. The van der Waals surface area contributed by atoms with Gasteiger partial charge in [-0.1, -0.05) is 0 Å². The monoisotopic (exact) mass is 502 g/mol. The molecule has 0 aromatic carbocycles. The number of carboxylic acid groups (broad SMARTS) is 1. The molecule has 1 fully saturated rings. The topological polar surface area (TPSA) is 177 Å². The number of aliphatic carboxylic acids is 1. The van der Waals surface area contributed by atoms with Gasteiger partial charge in [-0.2, -0.15) is 11.8 Å². The minimum absolute atomic E-state index is 0.164. The first kappa shape index (κ1) is 29.5. The van der Waals surface area contributed by atoms with Crippen molar-refractivity contribution in [1.82, 2.24) is 16.0 Å². The lowest BCUT2D eigenvalue weighted by atomic mass is 9.81. The number of carboxylic acids is 1. The number of rotatable bonds is 12. The number of alkyl carbamates (subject to hydrolysis) is 1. The molecule has 0 aromatic heterocycles. The van der Waals surface area contributed by atoms with E-state index in [1.54, 1.807) is 32.5 Å². The Balaban J connectivity index is 2.52. The van der Waals surface area contributed by atoms with E-state index < -0.39 is 48.0 Å². The normalized spacial score (nSPS) is 19.9. The second kappa shape index (κ2) is 14.0. The summed E-state index contributed by atoms with van der Waals surface area (Å²) < 4.78 is 5.25. The highest BCUT2D eigenvalue weighted by Crippen LogP contribution is 2.28. The third-order valence-electron chi connectivity index (χ3n) is 5.42. The van der Waals surface area contributed by atoms with Crippen LogP contribution >= 0.6 is 11.8 Å². The van der Waals surface area contributed by atoms with Crippen molar-refractivity contribution in [3.05, 3.63) is 0 Å². The van der Waals surface area contributed by atoms with Gasteiger partial charge < -0.3 is 31.5 Å². The molecule has 194 valence electrons. The summed E-state index contributed by atoms with van der Waals surface area (Å²) in [5, 5.41) is 17.1.